The normalized spacial score (nSPS) is 23.5. The summed E-state index contributed by atoms with van der Waals surface area (Å²) in [4.78, 5) is 42.8. The van der Waals surface area contributed by atoms with Crippen molar-refractivity contribution in [2.24, 2.45) is 5.92 Å². The molecule has 0 radical (unpaired) electrons. The topological polar surface area (TPSA) is 88.6 Å². The van der Waals surface area contributed by atoms with Gasteiger partial charge in [0, 0.05) is 19.0 Å². The number of para-hydroxylation sites is 1. The molecule has 148 valence electrons. The number of nitrogens with zero attached hydrogens (tertiary/aromatic N) is 2. The van der Waals surface area contributed by atoms with Gasteiger partial charge in [0.05, 0.1) is 21.1 Å². The van der Waals surface area contributed by atoms with E-state index in [1.807, 2.05) is 24.3 Å². The van der Waals surface area contributed by atoms with Crippen LogP contribution in [0.25, 0.3) is 10.2 Å². The molecule has 1 aromatic heterocycles. The van der Waals surface area contributed by atoms with Crippen molar-refractivity contribution >= 4 is 39.5 Å². The van der Waals surface area contributed by atoms with E-state index in [2.05, 4.69) is 5.32 Å². The number of hydrogen-bond donors (Lipinski definition) is 1. The maximum atomic E-state index is 12.9. The number of aromatic nitrogens is 1. The number of carbonyl (C=O) groups is 3. The largest absolute Gasteiger partial charge is 0.452 e. The molecule has 7 nitrogen and oxygen atoms in total. The van der Waals surface area contributed by atoms with Crippen LogP contribution < -0.4 is 5.32 Å². The molecular formula is C20H23N3O4S. The molecule has 28 heavy (non-hydrogen) atoms. The first-order valence-corrected chi connectivity index (χ1v) is 10.5. The SMILES string of the molecule is C[C@@H](OC(=O)[C@@H]1CCCC[C@@H]1c1nc2ccccc2s1)C(=O)N1CCNC1=O. The molecule has 1 saturated heterocycles. The molecular weight excluding hydrogens is 378 g/mol. The van der Waals surface area contributed by atoms with Crippen LogP contribution in [0, 0.1) is 5.92 Å². The molecule has 1 aromatic carbocycles. The summed E-state index contributed by atoms with van der Waals surface area (Å²) in [5.41, 5.74) is 0.948. The summed E-state index contributed by atoms with van der Waals surface area (Å²) in [5.74, 6) is -1.15. The number of thiazole rings is 1. The Kier molecular flexibility index (Phi) is 5.30. The number of rotatable bonds is 4. The fourth-order valence-electron chi connectivity index (χ4n) is 3.97. The van der Waals surface area contributed by atoms with Crippen molar-refractivity contribution in [3.8, 4) is 0 Å². The van der Waals surface area contributed by atoms with Gasteiger partial charge in [0.15, 0.2) is 6.10 Å². The lowest BCUT2D eigenvalue weighted by Crippen LogP contribution is -2.43. The van der Waals surface area contributed by atoms with Crippen LogP contribution in [0.3, 0.4) is 0 Å². The highest BCUT2D eigenvalue weighted by Crippen LogP contribution is 2.41. The third-order valence-corrected chi connectivity index (χ3v) is 6.63. The van der Waals surface area contributed by atoms with E-state index >= 15 is 0 Å². The van der Waals surface area contributed by atoms with Gasteiger partial charge >= 0.3 is 12.0 Å². The average Bonchev–Trinajstić information content (AvgIpc) is 3.33. The molecule has 4 rings (SSSR count). The van der Waals surface area contributed by atoms with Crippen LogP contribution in [0.4, 0.5) is 4.79 Å². The Hall–Kier alpha value is -2.48. The Balaban J connectivity index is 1.48. The standard InChI is InChI=1S/C20H23N3O4S/c1-12(18(24)23-11-10-21-20(23)26)27-19(25)14-7-3-2-6-13(14)17-22-15-8-4-5-9-16(15)28-17/h4-5,8-9,12-14H,2-3,6-7,10-11H2,1H3,(H,21,26)/t12-,13+,14-/m1/s1. The molecule has 2 aliphatic rings. The number of nitrogens with one attached hydrogen (secondary N) is 1. The molecule has 1 saturated carbocycles. The Labute approximate surface area is 167 Å². The molecule has 3 atom stereocenters. The van der Waals surface area contributed by atoms with E-state index in [0.717, 1.165) is 45.8 Å². The van der Waals surface area contributed by atoms with Crippen molar-refractivity contribution in [1.29, 1.82) is 0 Å². The van der Waals surface area contributed by atoms with Crippen LogP contribution in [0.5, 0.6) is 0 Å². The second kappa shape index (κ2) is 7.87. The monoisotopic (exact) mass is 401 g/mol. The van der Waals surface area contributed by atoms with Gasteiger partial charge in [-0.2, -0.15) is 0 Å². The fraction of sp³-hybridized carbons (Fsp3) is 0.500. The van der Waals surface area contributed by atoms with Crippen LogP contribution in [0.1, 0.15) is 43.5 Å². The molecule has 2 heterocycles. The average molecular weight is 401 g/mol. The lowest BCUT2D eigenvalue weighted by Gasteiger charge is -2.29. The van der Waals surface area contributed by atoms with Gasteiger partial charge in [-0.3, -0.25) is 14.5 Å². The zero-order chi connectivity index (χ0) is 19.7. The van der Waals surface area contributed by atoms with Crippen molar-refractivity contribution < 1.29 is 19.1 Å². The molecule has 8 heteroatoms. The Morgan fingerprint density at radius 3 is 2.82 bits per heavy atom. The number of esters is 1. The summed E-state index contributed by atoms with van der Waals surface area (Å²) in [6.07, 6.45) is 2.64. The van der Waals surface area contributed by atoms with Gasteiger partial charge in [0.25, 0.3) is 5.91 Å². The van der Waals surface area contributed by atoms with Crippen LogP contribution in [0.15, 0.2) is 24.3 Å². The number of amides is 3. The first-order valence-electron chi connectivity index (χ1n) is 9.70. The summed E-state index contributed by atoms with van der Waals surface area (Å²) in [5, 5.41) is 3.54. The lowest BCUT2D eigenvalue weighted by molar-refractivity contribution is -0.162. The first kappa shape index (κ1) is 18.9. The number of carbonyl (C=O) groups excluding carboxylic acids is 3. The minimum Gasteiger partial charge on any atom is -0.452 e. The number of urea groups is 1. The minimum absolute atomic E-state index is 0.0102. The Bertz CT molecular complexity index is 879. The number of fused-ring (bicyclic) bond motifs is 1. The summed E-state index contributed by atoms with van der Waals surface area (Å²) < 4.78 is 6.61. The van der Waals surface area contributed by atoms with Gasteiger partial charge in [-0.05, 0) is 31.9 Å². The van der Waals surface area contributed by atoms with E-state index in [1.165, 1.54) is 6.92 Å². The second-order valence-electron chi connectivity index (χ2n) is 7.32. The highest BCUT2D eigenvalue weighted by atomic mass is 32.1. The van der Waals surface area contributed by atoms with Crippen molar-refractivity contribution in [3.05, 3.63) is 29.3 Å². The molecule has 1 N–H and O–H groups in total. The van der Waals surface area contributed by atoms with Gasteiger partial charge in [0.2, 0.25) is 0 Å². The lowest BCUT2D eigenvalue weighted by atomic mass is 9.79. The molecule has 0 bridgehead atoms. The van der Waals surface area contributed by atoms with Crippen LogP contribution in [-0.2, 0) is 14.3 Å². The Morgan fingerprint density at radius 2 is 2.07 bits per heavy atom. The maximum Gasteiger partial charge on any atom is 0.324 e. The van der Waals surface area contributed by atoms with E-state index in [4.69, 9.17) is 9.72 Å². The summed E-state index contributed by atoms with van der Waals surface area (Å²) >= 11 is 1.62. The smallest absolute Gasteiger partial charge is 0.324 e. The maximum absolute atomic E-state index is 12.9. The fourth-order valence-corrected chi connectivity index (χ4v) is 5.14. The minimum atomic E-state index is -0.978. The zero-order valence-corrected chi connectivity index (χ0v) is 16.5. The predicted octanol–water partition coefficient (Wildman–Crippen LogP) is 3.05. The second-order valence-corrected chi connectivity index (χ2v) is 8.38. The zero-order valence-electron chi connectivity index (χ0n) is 15.7. The summed E-state index contributed by atoms with van der Waals surface area (Å²) in [7, 11) is 0. The van der Waals surface area contributed by atoms with Gasteiger partial charge < -0.3 is 10.1 Å². The van der Waals surface area contributed by atoms with Crippen LogP contribution in [0.2, 0.25) is 0 Å². The van der Waals surface area contributed by atoms with Gasteiger partial charge in [-0.25, -0.2) is 9.78 Å². The number of imide groups is 1. The summed E-state index contributed by atoms with van der Waals surface area (Å²) in [6, 6.07) is 7.53. The van der Waals surface area contributed by atoms with E-state index < -0.39 is 18.0 Å². The van der Waals surface area contributed by atoms with Crippen molar-refractivity contribution in [3.63, 3.8) is 0 Å². The third kappa shape index (κ3) is 3.61. The highest BCUT2D eigenvalue weighted by molar-refractivity contribution is 7.18. The molecule has 3 amide bonds. The molecule has 0 spiro atoms. The van der Waals surface area contributed by atoms with E-state index in [0.29, 0.717) is 13.1 Å². The quantitative estimate of drug-likeness (QED) is 0.796. The number of benzene rings is 1. The van der Waals surface area contributed by atoms with Crippen LogP contribution >= 0.6 is 11.3 Å². The van der Waals surface area contributed by atoms with Gasteiger partial charge in [-0.1, -0.05) is 25.0 Å². The predicted molar refractivity (Wildman–Crippen MR) is 105 cm³/mol. The van der Waals surface area contributed by atoms with Crippen molar-refractivity contribution in [2.45, 2.75) is 44.6 Å². The van der Waals surface area contributed by atoms with E-state index in [1.54, 1.807) is 11.3 Å². The molecule has 1 aliphatic heterocycles. The molecule has 0 unspecified atom stereocenters. The third-order valence-electron chi connectivity index (χ3n) is 5.46. The highest BCUT2D eigenvalue weighted by Gasteiger charge is 2.38. The number of hydrogen-bond acceptors (Lipinski definition) is 6. The Morgan fingerprint density at radius 1 is 1.29 bits per heavy atom. The first-order chi connectivity index (χ1) is 13.5. The van der Waals surface area contributed by atoms with E-state index in [-0.39, 0.29) is 17.8 Å². The molecule has 2 fully saturated rings. The van der Waals surface area contributed by atoms with Gasteiger partial charge in [-0.15, -0.1) is 11.3 Å². The van der Waals surface area contributed by atoms with Crippen LogP contribution in [-0.4, -0.2) is 47.0 Å². The number of ether oxygens (including phenoxy) is 1. The van der Waals surface area contributed by atoms with E-state index in [9.17, 15) is 14.4 Å². The van der Waals surface area contributed by atoms with Crippen molar-refractivity contribution in [2.75, 3.05) is 13.1 Å². The van der Waals surface area contributed by atoms with Crippen molar-refractivity contribution in [1.82, 2.24) is 15.2 Å². The molecule has 1 aliphatic carbocycles. The van der Waals surface area contributed by atoms with Gasteiger partial charge in [0.1, 0.15) is 0 Å². The summed E-state index contributed by atoms with van der Waals surface area (Å²) in [6.45, 7) is 2.26. The molecule has 2 aromatic rings.